The molecule has 4 rings (SSSR count). The minimum atomic E-state index is -0.486. The number of carbonyl (C=O) groups is 3. The molecule has 7 heteroatoms. The molecule has 3 fully saturated rings. The average Bonchev–Trinajstić information content (AvgIpc) is 3.32. The summed E-state index contributed by atoms with van der Waals surface area (Å²) in [5.74, 6) is -1.42. The number of nitrogens with one attached hydrogen (secondary N) is 1. The van der Waals surface area contributed by atoms with E-state index in [1.54, 1.807) is 24.3 Å². The number of benzene rings is 1. The Hall–Kier alpha value is -2.41. The van der Waals surface area contributed by atoms with Gasteiger partial charge < -0.3 is 9.47 Å². The van der Waals surface area contributed by atoms with E-state index in [1.807, 2.05) is 0 Å². The van der Waals surface area contributed by atoms with Gasteiger partial charge in [-0.25, -0.2) is 0 Å². The molecule has 3 aliphatic rings. The van der Waals surface area contributed by atoms with Gasteiger partial charge in [-0.05, 0) is 43.5 Å². The third-order valence-corrected chi connectivity index (χ3v) is 5.38. The minimum Gasteiger partial charge on any atom is -0.494 e. The maximum absolute atomic E-state index is 12.5. The highest BCUT2D eigenvalue weighted by Crippen LogP contribution is 2.48. The van der Waals surface area contributed by atoms with E-state index in [4.69, 9.17) is 9.47 Å². The van der Waals surface area contributed by atoms with Gasteiger partial charge >= 0.3 is 0 Å². The normalized spacial score (nSPS) is 29.2. The van der Waals surface area contributed by atoms with Crippen molar-refractivity contribution in [2.24, 2.45) is 11.8 Å². The zero-order valence-corrected chi connectivity index (χ0v) is 14.6. The van der Waals surface area contributed by atoms with E-state index in [-0.39, 0.29) is 24.0 Å². The Morgan fingerprint density at radius 1 is 1.15 bits per heavy atom. The summed E-state index contributed by atoms with van der Waals surface area (Å²) in [5.41, 5.74) is 2.83. The van der Waals surface area contributed by atoms with Crippen LogP contribution in [0.2, 0.25) is 0 Å². The first-order valence-corrected chi connectivity index (χ1v) is 9.17. The summed E-state index contributed by atoms with van der Waals surface area (Å²) in [6, 6.07) is 6.66. The van der Waals surface area contributed by atoms with Crippen molar-refractivity contribution >= 4 is 17.7 Å². The van der Waals surface area contributed by atoms with E-state index in [2.05, 4.69) is 12.3 Å². The van der Waals surface area contributed by atoms with Crippen LogP contribution in [-0.2, 0) is 14.3 Å². The summed E-state index contributed by atoms with van der Waals surface area (Å²) in [6.45, 7) is 2.72. The predicted molar refractivity (Wildman–Crippen MR) is 91.0 cm³/mol. The monoisotopic (exact) mass is 358 g/mol. The van der Waals surface area contributed by atoms with Gasteiger partial charge in [-0.15, -0.1) is 0 Å². The lowest BCUT2D eigenvalue weighted by atomic mass is 9.81. The molecule has 3 amide bonds. The van der Waals surface area contributed by atoms with E-state index < -0.39 is 17.7 Å². The number of imide groups is 1. The Bertz CT molecular complexity index is 704. The number of fused-ring (bicyclic) bond motifs is 5. The number of amides is 3. The lowest BCUT2D eigenvalue weighted by Gasteiger charge is -2.18. The summed E-state index contributed by atoms with van der Waals surface area (Å²) in [7, 11) is 0. The Labute approximate surface area is 151 Å². The van der Waals surface area contributed by atoms with Gasteiger partial charge in [0, 0.05) is 5.56 Å². The van der Waals surface area contributed by atoms with Gasteiger partial charge in [-0.2, -0.15) is 5.01 Å². The second-order valence-corrected chi connectivity index (χ2v) is 7.02. The first-order chi connectivity index (χ1) is 12.6. The fraction of sp³-hybridized carbons (Fsp3) is 0.526. The van der Waals surface area contributed by atoms with Gasteiger partial charge in [0.15, 0.2) is 0 Å². The highest BCUT2D eigenvalue weighted by molar-refractivity contribution is 6.08. The quantitative estimate of drug-likeness (QED) is 0.618. The van der Waals surface area contributed by atoms with Crippen LogP contribution in [0.15, 0.2) is 24.3 Å². The van der Waals surface area contributed by atoms with E-state index in [1.165, 1.54) is 0 Å². The van der Waals surface area contributed by atoms with Gasteiger partial charge in [0.2, 0.25) is 0 Å². The predicted octanol–water partition coefficient (Wildman–Crippen LogP) is 1.67. The number of hydrogen-bond acceptors (Lipinski definition) is 5. The van der Waals surface area contributed by atoms with Crippen molar-refractivity contribution in [2.75, 3.05) is 6.61 Å². The van der Waals surface area contributed by atoms with Gasteiger partial charge in [0.05, 0.1) is 30.7 Å². The van der Waals surface area contributed by atoms with Gasteiger partial charge in [0.25, 0.3) is 17.7 Å². The lowest BCUT2D eigenvalue weighted by molar-refractivity contribution is -0.145. The van der Waals surface area contributed by atoms with Crippen LogP contribution in [-0.4, -0.2) is 41.5 Å². The fourth-order valence-electron chi connectivity index (χ4n) is 4.03. The zero-order valence-electron chi connectivity index (χ0n) is 14.6. The Morgan fingerprint density at radius 2 is 1.77 bits per heavy atom. The summed E-state index contributed by atoms with van der Waals surface area (Å²) < 4.78 is 11.2. The number of carbonyl (C=O) groups excluding carboxylic acids is 3. The molecule has 2 bridgehead atoms. The molecule has 1 aromatic rings. The molecule has 4 unspecified atom stereocenters. The van der Waals surface area contributed by atoms with Gasteiger partial charge in [0.1, 0.15) is 5.75 Å². The van der Waals surface area contributed by atoms with Crippen molar-refractivity contribution in [2.45, 2.75) is 44.8 Å². The van der Waals surface area contributed by atoms with Crippen LogP contribution in [0.5, 0.6) is 5.75 Å². The van der Waals surface area contributed by atoms with Crippen LogP contribution in [0.25, 0.3) is 0 Å². The van der Waals surface area contributed by atoms with Crippen LogP contribution in [0.1, 0.15) is 43.0 Å². The molecule has 1 N–H and O–H groups in total. The molecule has 4 atom stereocenters. The number of rotatable bonds is 6. The molecule has 3 heterocycles. The summed E-state index contributed by atoms with van der Waals surface area (Å²) in [6.07, 6.45) is 3.23. The molecule has 0 saturated carbocycles. The number of unbranched alkanes of at least 4 members (excludes halogenated alkanes) is 1. The lowest BCUT2D eigenvalue weighted by Crippen LogP contribution is -2.47. The number of hydrogen-bond donors (Lipinski definition) is 1. The standard InChI is InChI=1S/C19H22N2O5/c1-2-3-10-25-12-6-4-11(5-7-12)17(22)20-21-18(23)15-13-8-9-14(26-13)16(15)19(21)24/h4-7,13-16H,2-3,8-10H2,1H3,(H,20,22). The molecule has 3 saturated heterocycles. The molecule has 3 aliphatic heterocycles. The third-order valence-electron chi connectivity index (χ3n) is 5.38. The Morgan fingerprint density at radius 3 is 2.35 bits per heavy atom. The van der Waals surface area contributed by atoms with Crippen LogP contribution in [0.4, 0.5) is 0 Å². The van der Waals surface area contributed by atoms with Crippen molar-refractivity contribution in [3.05, 3.63) is 29.8 Å². The molecular weight excluding hydrogens is 336 g/mol. The minimum absolute atomic E-state index is 0.192. The number of hydrazine groups is 1. The molecule has 26 heavy (non-hydrogen) atoms. The second-order valence-electron chi connectivity index (χ2n) is 7.02. The molecule has 7 nitrogen and oxygen atoms in total. The molecule has 0 spiro atoms. The van der Waals surface area contributed by atoms with E-state index in [9.17, 15) is 14.4 Å². The molecule has 138 valence electrons. The zero-order chi connectivity index (χ0) is 18.3. The SMILES string of the molecule is CCCCOc1ccc(C(=O)NN2C(=O)C3C4CCC(O4)C3C2=O)cc1. The third kappa shape index (κ3) is 2.76. The second kappa shape index (κ2) is 6.72. The van der Waals surface area contributed by atoms with E-state index in [0.29, 0.717) is 17.9 Å². The Kier molecular flexibility index (Phi) is 4.40. The van der Waals surface area contributed by atoms with Crippen LogP contribution in [0, 0.1) is 11.8 Å². The fourth-order valence-corrected chi connectivity index (χ4v) is 4.03. The summed E-state index contributed by atoms with van der Waals surface area (Å²) >= 11 is 0. The van der Waals surface area contributed by atoms with Crippen molar-refractivity contribution < 1.29 is 23.9 Å². The van der Waals surface area contributed by atoms with Crippen molar-refractivity contribution in [3.63, 3.8) is 0 Å². The van der Waals surface area contributed by atoms with Crippen LogP contribution < -0.4 is 10.2 Å². The Balaban J connectivity index is 1.40. The first-order valence-electron chi connectivity index (χ1n) is 9.17. The molecule has 1 aromatic carbocycles. The van der Waals surface area contributed by atoms with Crippen LogP contribution in [0.3, 0.4) is 0 Å². The highest BCUT2D eigenvalue weighted by atomic mass is 16.5. The average molecular weight is 358 g/mol. The topological polar surface area (TPSA) is 84.9 Å². The number of nitrogens with zero attached hydrogens (tertiary/aromatic N) is 1. The van der Waals surface area contributed by atoms with E-state index >= 15 is 0 Å². The smallest absolute Gasteiger partial charge is 0.270 e. The number of ether oxygens (including phenoxy) is 2. The summed E-state index contributed by atoms with van der Waals surface area (Å²) in [5, 5.41) is 0.886. The van der Waals surface area contributed by atoms with Crippen LogP contribution >= 0.6 is 0 Å². The summed E-state index contributed by atoms with van der Waals surface area (Å²) in [4.78, 5) is 37.5. The van der Waals surface area contributed by atoms with Gasteiger partial charge in [-0.1, -0.05) is 13.3 Å². The van der Waals surface area contributed by atoms with Crippen molar-refractivity contribution in [3.8, 4) is 5.75 Å². The van der Waals surface area contributed by atoms with Crippen molar-refractivity contribution in [1.82, 2.24) is 10.4 Å². The highest BCUT2D eigenvalue weighted by Gasteiger charge is 2.62. The molecular formula is C19H22N2O5. The first kappa shape index (κ1) is 17.0. The maximum Gasteiger partial charge on any atom is 0.270 e. The van der Waals surface area contributed by atoms with Crippen molar-refractivity contribution in [1.29, 1.82) is 0 Å². The van der Waals surface area contributed by atoms with E-state index in [0.717, 1.165) is 30.7 Å². The largest absolute Gasteiger partial charge is 0.494 e. The maximum atomic E-state index is 12.5. The van der Waals surface area contributed by atoms with Gasteiger partial charge in [-0.3, -0.25) is 19.8 Å². The molecule has 0 radical (unpaired) electrons. The molecule has 0 aliphatic carbocycles. The molecule has 0 aromatic heterocycles.